The van der Waals surface area contributed by atoms with Gasteiger partial charge in [-0.3, -0.25) is 4.90 Å². The molecule has 2 N–H and O–H groups in total. The van der Waals surface area contributed by atoms with E-state index in [0.29, 0.717) is 18.6 Å². The van der Waals surface area contributed by atoms with Gasteiger partial charge in [0.25, 0.3) is 0 Å². The van der Waals surface area contributed by atoms with E-state index in [1.165, 1.54) is 71.0 Å². The largest absolute Gasteiger partial charge is 0.396 e. The third-order valence-electron chi connectivity index (χ3n) is 5.59. The molecule has 0 spiro atoms. The van der Waals surface area contributed by atoms with Crippen molar-refractivity contribution in [1.29, 1.82) is 0 Å². The summed E-state index contributed by atoms with van der Waals surface area (Å²) in [6.07, 6.45) is 12.2. The van der Waals surface area contributed by atoms with Gasteiger partial charge in [-0.05, 0) is 56.9 Å². The van der Waals surface area contributed by atoms with Crippen LogP contribution in [0.25, 0.3) is 0 Å². The highest BCUT2D eigenvalue weighted by Gasteiger charge is 2.32. The van der Waals surface area contributed by atoms with Gasteiger partial charge in [-0.1, -0.05) is 19.3 Å². The fraction of sp³-hybridized carbons (Fsp3) is 1.00. The minimum absolute atomic E-state index is 0.360. The lowest BCUT2D eigenvalue weighted by Crippen LogP contribution is -2.53. The van der Waals surface area contributed by atoms with Gasteiger partial charge in [0, 0.05) is 31.8 Å². The Hall–Kier alpha value is -0.120. The predicted molar refractivity (Wildman–Crippen MR) is 82.8 cm³/mol. The number of rotatable bonds is 6. The Morgan fingerprint density at radius 3 is 2.45 bits per heavy atom. The predicted octanol–water partition coefficient (Wildman–Crippen LogP) is 2.39. The monoisotopic (exact) mass is 280 g/mol. The van der Waals surface area contributed by atoms with Crippen molar-refractivity contribution in [1.82, 2.24) is 10.2 Å². The standard InChI is InChI=1S/C17H32N2O/c20-9-8-15-10-16(18-11-14-6-7-14)13-19(12-15)17-4-2-1-3-5-17/h14-18,20H,1-13H2. The first-order valence-corrected chi connectivity index (χ1v) is 8.93. The van der Waals surface area contributed by atoms with Crippen LogP contribution < -0.4 is 5.32 Å². The molecule has 2 atom stereocenters. The van der Waals surface area contributed by atoms with E-state index in [9.17, 15) is 5.11 Å². The third kappa shape index (κ3) is 4.19. The molecule has 3 aliphatic rings. The summed E-state index contributed by atoms with van der Waals surface area (Å²) >= 11 is 0. The summed E-state index contributed by atoms with van der Waals surface area (Å²) in [6.45, 7) is 4.07. The molecule has 3 rings (SSSR count). The molecule has 3 fully saturated rings. The lowest BCUT2D eigenvalue weighted by Gasteiger charge is -2.43. The highest BCUT2D eigenvalue weighted by molar-refractivity contribution is 4.89. The number of nitrogens with one attached hydrogen (secondary N) is 1. The SMILES string of the molecule is OCCC1CC(NCC2CC2)CN(C2CCCCC2)C1. The Bertz CT molecular complexity index is 287. The minimum atomic E-state index is 0.360. The lowest BCUT2D eigenvalue weighted by atomic mass is 9.87. The normalized spacial score (nSPS) is 33.5. The highest BCUT2D eigenvalue weighted by atomic mass is 16.3. The van der Waals surface area contributed by atoms with Crippen molar-refractivity contribution in [2.75, 3.05) is 26.2 Å². The molecule has 0 aromatic rings. The van der Waals surface area contributed by atoms with Gasteiger partial charge >= 0.3 is 0 Å². The molecule has 0 aromatic heterocycles. The number of likely N-dealkylation sites (tertiary alicyclic amines) is 1. The molecule has 1 saturated heterocycles. The number of aliphatic hydroxyl groups is 1. The molecular weight excluding hydrogens is 248 g/mol. The number of piperidine rings is 1. The summed E-state index contributed by atoms with van der Waals surface area (Å²) in [6, 6.07) is 1.50. The number of hydrogen-bond acceptors (Lipinski definition) is 3. The zero-order valence-corrected chi connectivity index (χ0v) is 12.9. The molecular formula is C17H32N2O. The van der Waals surface area contributed by atoms with E-state index in [1.807, 2.05) is 0 Å². The van der Waals surface area contributed by atoms with Crippen molar-refractivity contribution in [3.05, 3.63) is 0 Å². The fourth-order valence-corrected chi connectivity index (χ4v) is 4.18. The molecule has 2 aliphatic carbocycles. The van der Waals surface area contributed by atoms with Crippen molar-refractivity contribution in [3.8, 4) is 0 Å². The van der Waals surface area contributed by atoms with Gasteiger partial charge < -0.3 is 10.4 Å². The van der Waals surface area contributed by atoms with E-state index in [0.717, 1.165) is 18.4 Å². The van der Waals surface area contributed by atoms with Crippen LogP contribution in [0.2, 0.25) is 0 Å². The zero-order chi connectivity index (χ0) is 13.8. The maximum absolute atomic E-state index is 9.29. The van der Waals surface area contributed by atoms with Crippen molar-refractivity contribution >= 4 is 0 Å². The molecule has 0 radical (unpaired) electrons. The molecule has 2 unspecified atom stereocenters. The topological polar surface area (TPSA) is 35.5 Å². The van der Waals surface area contributed by atoms with Gasteiger partial charge in [0.15, 0.2) is 0 Å². The number of aliphatic hydroxyl groups excluding tert-OH is 1. The molecule has 20 heavy (non-hydrogen) atoms. The van der Waals surface area contributed by atoms with E-state index >= 15 is 0 Å². The second kappa shape index (κ2) is 7.24. The van der Waals surface area contributed by atoms with Crippen LogP contribution in [-0.2, 0) is 0 Å². The average Bonchev–Trinajstić information content (AvgIpc) is 3.30. The average molecular weight is 280 g/mol. The van der Waals surface area contributed by atoms with Gasteiger partial charge in [0.05, 0.1) is 0 Å². The van der Waals surface area contributed by atoms with E-state index in [2.05, 4.69) is 10.2 Å². The molecule has 0 bridgehead atoms. The van der Waals surface area contributed by atoms with Crippen LogP contribution in [0, 0.1) is 11.8 Å². The number of hydrogen-bond donors (Lipinski definition) is 2. The fourth-order valence-electron chi connectivity index (χ4n) is 4.18. The van der Waals surface area contributed by atoms with E-state index in [-0.39, 0.29) is 0 Å². The summed E-state index contributed by atoms with van der Waals surface area (Å²) in [4.78, 5) is 2.76. The summed E-state index contributed by atoms with van der Waals surface area (Å²) in [5.41, 5.74) is 0. The highest BCUT2D eigenvalue weighted by Crippen LogP contribution is 2.30. The van der Waals surface area contributed by atoms with Crippen molar-refractivity contribution < 1.29 is 5.11 Å². The molecule has 0 amide bonds. The maximum atomic E-state index is 9.29. The van der Waals surface area contributed by atoms with Gasteiger partial charge in [0.2, 0.25) is 0 Å². The Kier molecular flexibility index (Phi) is 5.36. The molecule has 3 heteroatoms. The van der Waals surface area contributed by atoms with E-state index < -0.39 is 0 Å². The van der Waals surface area contributed by atoms with E-state index in [4.69, 9.17) is 0 Å². The molecule has 0 aromatic carbocycles. The van der Waals surface area contributed by atoms with Gasteiger partial charge in [-0.25, -0.2) is 0 Å². The molecule has 1 heterocycles. The Balaban J connectivity index is 1.53. The van der Waals surface area contributed by atoms with Crippen LogP contribution in [-0.4, -0.2) is 48.3 Å². The molecule has 116 valence electrons. The second-order valence-corrected chi connectivity index (χ2v) is 7.41. The Morgan fingerprint density at radius 2 is 1.75 bits per heavy atom. The Morgan fingerprint density at radius 1 is 0.950 bits per heavy atom. The summed E-state index contributed by atoms with van der Waals surface area (Å²) < 4.78 is 0. The second-order valence-electron chi connectivity index (χ2n) is 7.41. The zero-order valence-electron chi connectivity index (χ0n) is 12.9. The molecule has 2 saturated carbocycles. The summed E-state index contributed by atoms with van der Waals surface area (Å²) in [5.74, 6) is 1.67. The maximum Gasteiger partial charge on any atom is 0.0434 e. The van der Waals surface area contributed by atoms with Crippen LogP contribution in [0.15, 0.2) is 0 Å². The van der Waals surface area contributed by atoms with Gasteiger partial charge in [0.1, 0.15) is 0 Å². The third-order valence-corrected chi connectivity index (χ3v) is 5.59. The summed E-state index contributed by atoms with van der Waals surface area (Å²) in [5, 5.41) is 13.1. The van der Waals surface area contributed by atoms with Gasteiger partial charge in [-0.2, -0.15) is 0 Å². The first kappa shape index (κ1) is 14.8. The summed E-state index contributed by atoms with van der Waals surface area (Å²) in [7, 11) is 0. The van der Waals surface area contributed by atoms with Crippen molar-refractivity contribution in [3.63, 3.8) is 0 Å². The van der Waals surface area contributed by atoms with Crippen molar-refractivity contribution in [2.45, 2.75) is 69.9 Å². The van der Waals surface area contributed by atoms with Crippen LogP contribution >= 0.6 is 0 Å². The van der Waals surface area contributed by atoms with Crippen molar-refractivity contribution in [2.24, 2.45) is 11.8 Å². The van der Waals surface area contributed by atoms with Crippen LogP contribution in [0.1, 0.15) is 57.8 Å². The molecule has 1 aliphatic heterocycles. The van der Waals surface area contributed by atoms with E-state index in [1.54, 1.807) is 0 Å². The van der Waals surface area contributed by atoms with Gasteiger partial charge in [-0.15, -0.1) is 0 Å². The number of nitrogens with zero attached hydrogens (tertiary/aromatic N) is 1. The molecule has 3 nitrogen and oxygen atoms in total. The lowest BCUT2D eigenvalue weighted by molar-refractivity contribution is 0.0676. The van der Waals surface area contributed by atoms with Crippen LogP contribution in [0.3, 0.4) is 0 Å². The Labute approximate surface area is 124 Å². The van der Waals surface area contributed by atoms with Crippen LogP contribution in [0.4, 0.5) is 0 Å². The van der Waals surface area contributed by atoms with Crippen LogP contribution in [0.5, 0.6) is 0 Å². The smallest absolute Gasteiger partial charge is 0.0434 e. The first-order valence-electron chi connectivity index (χ1n) is 8.93. The first-order chi connectivity index (χ1) is 9.85. The minimum Gasteiger partial charge on any atom is -0.396 e. The quantitative estimate of drug-likeness (QED) is 0.784.